The summed E-state index contributed by atoms with van der Waals surface area (Å²) in [5.41, 5.74) is 1.08. The van der Waals surface area contributed by atoms with E-state index in [1.807, 2.05) is 31.2 Å². The van der Waals surface area contributed by atoms with Gasteiger partial charge in [-0.05, 0) is 18.6 Å². The number of amides is 1. The van der Waals surface area contributed by atoms with Gasteiger partial charge in [-0.1, -0.05) is 18.2 Å². The molecule has 2 saturated heterocycles. The lowest BCUT2D eigenvalue weighted by Crippen LogP contribution is -2.44. The third kappa shape index (κ3) is 3.69. The highest BCUT2D eigenvalue weighted by Gasteiger charge is 2.33. The summed E-state index contributed by atoms with van der Waals surface area (Å²) in [5.74, 6) is 0.838. The molecular weight excluding hydrogens is 284 g/mol. The first kappa shape index (κ1) is 15.1. The van der Waals surface area contributed by atoms with Crippen LogP contribution >= 0.6 is 0 Å². The van der Waals surface area contributed by atoms with Gasteiger partial charge in [0, 0.05) is 13.1 Å². The highest BCUT2D eigenvalue weighted by Crippen LogP contribution is 2.19. The molecule has 1 aromatic rings. The summed E-state index contributed by atoms with van der Waals surface area (Å²) in [6.07, 6.45) is -0.474. The van der Waals surface area contributed by atoms with Crippen LogP contribution in [0.5, 0.6) is 5.75 Å². The molecule has 0 unspecified atom stereocenters. The van der Waals surface area contributed by atoms with Gasteiger partial charge < -0.3 is 14.2 Å². The number of morpholine rings is 1. The molecule has 1 aromatic carbocycles. The van der Waals surface area contributed by atoms with Crippen molar-refractivity contribution in [3.8, 4) is 5.75 Å². The molecule has 0 bridgehead atoms. The van der Waals surface area contributed by atoms with Gasteiger partial charge in [0.25, 0.3) is 0 Å². The smallest absolute Gasteiger partial charge is 0.411 e. The lowest BCUT2D eigenvalue weighted by atomic mass is 10.2. The molecule has 120 valence electrons. The Morgan fingerprint density at radius 2 is 2.05 bits per heavy atom. The maximum Gasteiger partial charge on any atom is 0.411 e. The van der Waals surface area contributed by atoms with Gasteiger partial charge in [0.15, 0.2) is 6.10 Å². The van der Waals surface area contributed by atoms with E-state index in [1.165, 1.54) is 0 Å². The Balaban J connectivity index is 1.48. The molecule has 2 aliphatic heterocycles. The number of para-hydroxylation sites is 1. The number of aryl methyl sites for hydroxylation is 1. The SMILES string of the molecule is Cc1ccccc1OC[C@H]1CN(CN2CCOCC2)C(=O)O1. The molecule has 6 nitrogen and oxygen atoms in total. The highest BCUT2D eigenvalue weighted by atomic mass is 16.6. The van der Waals surface area contributed by atoms with Gasteiger partial charge >= 0.3 is 6.09 Å². The number of carbonyl (C=O) groups excluding carboxylic acids is 1. The van der Waals surface area contributed by atoms with Crippen molar-refractivity contribution in [3.63, 3.8) is 0 Å². The first-order valence-electron chi connectivity index (χ1n) is 7.66. The van der Waals surface area contributed by atoms with Crippen LogP contribution in [0.2, 0.25) is 0 Å². The number of hydrogen-bond donors (Lipinski definition) is 0. The average Bonchev–Trinajstić information content (AvgIpc) is 2.88. The molecule has 0 radical (unpaired) electrons. The van der Waals surface area contributed by atoms with Crippen LogP contribution in [0.25, 0.3) is 0 Å². The average molecular weight is 306 g/mol. The molecule has 1 atom stereocenters. The van der Waals surface area contributed by atoms with E-state index in [0.717, 1.165) is 37.6 Å². The maximum atomic E-state index is 11.9. The van der Waals surface area contributed by atoms with Crippen LogP contribution in [-0.2, 0) is 9.47 Å². The third-order valence-electron chi connectivity index (χ3n) is 3.94. The molecule has 0 spiro atoms. The van der Waals surface area contributed by atoms with Crippen molar-refractivity contribution in [2.45, 2.75) is 13.0 Å². The molecule has 0 N–H and O–H groups in total. The van der Waals surface area contributed by atoms with E-state index in [2.05, 4.69) is 4.90 Å². The van der Waals surface area contributed by atoms with E-state index in [0.29, 0.717) is 19.8 Å². The zero-order chi connectivity index (χ0) is 15.4. The van der Waals surface area contributed by atoms with Crippen molar-refractivity contribution in [1.29, 1.82) is 0 Å². The van der Waals surface area contributed by atoms with Gasteiger partial charge in [-0.15, -0.1) is 0 Å². The highest BCUT2D eigenvalue weighted by molar-refractivity contribution is 5.69. The number of hydrogen-bond acceptors (Lipinski definition) is 5. The number of ether oxygens (including phenoxy) is 3. The molecule has 2 aliphatic rings. The Labute approximate surface area is 130 Å². The van der Waals surface area contributed by atoms with Crippen molar-refractivity contribution in [1.82, 2.24) is 9.80 Å². The molecule has 22 heavy (non-hydrogen) atoms. The normalized spacial score (nSPS) is 22.7. The Hall–Kier alpha value is -1.79. The van der Waals surface area contributed by atoms with Crippen LogP contribution in [0.1, 0.15) is 5.56 Å². The molecule has 0 aliphatic carbocycles. The van der Waals surface area contributed by atoms with Gasteiger partial charge in [-0.25, -0.2) is 4.79 Å². The summed E-state index contributed by atoms with van der Waals surface area (Å²) in [6.45, 7) is 6.72. The van der Waals surface area contributed by atoms with Crippen LogP contribution in [0.15, 0.2) is 24.3 Å². The van der Waals surface area contributed by atoms with E-state index in [1.54, 1.807) is 4.90 Å². The lowest BCUT2D eigenvalue weighted by Gasteiger charge is -2.29. The number of cyclic esters (lactones) is 1. The minimum absolute atomic E-state index is 0.215. The Morgan fingerprint density at radius 1 is 1.27 bits per heavy atom. The Bertz CT molecular complexity index is 517. The predicted molar refractivity (Wildman–Crippen MR) is 80.9 cm³/mol. The summed E-state index contributed by atoms with van der Waals surface area (Å²) in [4.78, 5) is 15.9. The molecule has 1 amide bonds. The summed E-state index contributed by atoms with van der Waals surface area (Å²) in [5, 5.41) is 0. The molecular formula is C16H22N2O4. The largest absolute Gasteiger partial charge is 0.489 e. The fraction of sp³-hybridized carbons (Fsp3) is 0.562. The minimum Gasteiger partial charge on any atom is -0.489 e. The molecule has 0 saturated carbocycles. The van der Waals surface area contributed by atoms with Crippen LogP contribution in [-0.4, -0.2) is 68.1 Å². The zero-order valence-corrected chi connectivity index (χ0v) is 12.9. The number of rotatable bonds is 5. The molecule has 0 aromatic heterocycles. The maximum absolute atomic E-state index is 11.9. The van der Waals surface area contributed by atoms with Crippen molar-refractivity contribution < 1.29 is 19.0 Å². The molecule has 3 rings (SSSR count). The van der Waals surface area contributed by atoms with E-state index in [-0.39, 0.29) is 12.2 Å². The van der Waals surface area contributed by atoms with E-state index in [4.69, 9.17) is 14.2 Å². The molecule has 2 fully saturated rings. The van der Waals surface area contributed by atoms with Crippen LogP contribution in [0.3, 0.4) is 0 Å². The predicted octanol–water partition coefficient (Wildman–Crippen LogP) is 1.48. The van der Waals surface area contributed by atoms with Crippen molar-refractivity contribution in [2.75, 3.05) is 46.1 Å². The van der Waals surface area contributed by atoms with Gasteiger partial charge in [0.2, 0.25) is 0 Å². The lowest BCUT2D eigenvalue weighted by molar-refractivity contribution is 0.0186. The summed E-state index contributed by atoms with van der Waals surface area (Å²) in [6, 6.07) is 7.84. The monoisotopic (exact) mass is 306 g/mol. The minimum atomic E-state index is -0.259. The van der Waals surface area contributed by atoms with Gasteiger partial charge in [0.05, 0.1) is 26.4 Å². The van der Waals surface area contributed by atoms with E-state index < -0.39 is 0 Å². The van der Waals surface area contributed by atoms with Crippen LogP contribution < -0.4 is 4.74 Å². The fourth-order valence-corrected chi connectivity index (χ4v) is 2.66. The summed E-state index contributed by atoms with van der Waals surface area (Å²) in [7, 11) is 0. The van der Waals surface area contributed by atoms with Crippen LogP contribution in [0.4, 0.5) is 4.79 Å². The topological polar surface area (TPSA) is 51.2 Å². The quantitative estimate of drug-likeness (QED) is 0.825. The van der Waals surface area contributed by atoms with Crippen molar-refractivity contribution in [3.05, 3.63) is 29.8 Å². The van der Waals surface area contributed by atoms with Gasteiger partial charge in [0.1, 0.15) is 12.4 Å². The second kappa shape index (κ2) is 6.98. The van der Waals surface area contributed by atoms with Gasteiger partial charge in [-0.3, -0.25) is 9.80 Å². The summed E-state index contributed by atoms with van der Waals surface area (Å²) < 4.78 is 16.5. The Kier molecular flexibility index (Phi) is 4.80. The zero-order valence-electron chi connectivity index (χ0n) is 12.9. The van der Waals surface area contributed by atoms with Crippen LogP contribution in [0, 0.1) is 6.92 Å². The van der Waals surface area contributed by atoms with Crippen molar-refractivity contribution >= 4 is 6.09 Å². The first-order chi connectivity index (χ1) is 10.7. The number of carbonyl (C=O) groups is 1. The Morgan fingerprint density at radius 3 is 2.82 bits per heavy atom. The third-order valence-corrected chi connectivity index (χ3v) is 3.94. The van der Waals surface area contributed by atoms with E-state index in [9.17, 15) is 4.79 Å². The van der Waals surface area contributed by atoms with Gasteiger partial charge in [-0.2, -0.15) is 0 Å². The van der Waals surface area contributed by atoms with Crippen molar-refractivity contribution in [2.24, 2.45) is 0 Å². The standard InChI is InChI=1S/C16H22N2O4/c1-13-4-2-3-5-15(13)21-11-14-10-18(16(19)22-14)12-17-6-8-20-9-7-17/h2-5,14H,6-12H2,1H3/t14-/m1/s1. The second-order valence-electron chi connectivity index (χ2n) is 5.68. The molecule has 6 heteroatoms. The number of benzene rings is 1. The first-order valence-corrected chi connectivity index (χ1v) is 7.66. The molecule has 2 heterocycles. The van der Waals surface area contributed by atoms with E-state index >= 15 is 0 Å². The number of nitrogens with zero attached hydrogens (tertiary/aromatic N) is 2. The summed E-state index contributed by atoms with van der Waals surface area (Å²) >= 11 is 0. The fourth-order valence-electron chi connectivity index (χ4n) is 2.66. The second-order valence-corrected chi connectivity index (χ2v) is 5.68.